The second-order valence-corrected chi connectivity index (χ2v) is 15.9. The first-order chi connectivity index (χ1) is 25.3. The number of alkyl carbamates (subject to hydrolysis) is 1. The molecule has 1 saturated carbocycles. The first kappa shape index (κ1) is 36.4. The van der Waals surface area contributed by atoms with Gasteiger partial charge < -0.3 is 30.1 Å². The smallest absolute Gasteiger partial charge is 0.408 e. The van der Waals surface area contributed by atoms with E-state index in [1.165, 1.54) is 17.0 Å². The van der Waals surface area contributed by atoms with Gasteiger partial charge in [-0.3, -0.25) is 9.59 Å². The van der Waals surface area contributed by atoms with Gasteiger partial charge >= 0.3 is 12.1 Å². The largest absolute Gasteiger partial charge is 0.483 e. The molecule has 1 saturated heterocycles. The van der Waals surface area contributed by atoms with Crippen LogP contribution in [-0.4, -0.2) is 74.2 Å². The molecule has 4 aliphatic rings. The van der Waals surface area contributed by atoms with Gasteiger partial charge in [0.15, 0.2) is 0 Å². The zero-order valence-corrected chi connectivity index (χ0v) is 30.5. The molecular formula is C41H47FN4O7. The monoisotopic (exact) mass is 726 g/mol. The number of para-hydroxylation sites is 1. The molecule has 1 spiro atoms. The summed E-state index contributed by atoms with van der Waals surface area (Å²) in [5.41, 5.74) is -0.744. The van der Waals surface area contributed by atoms with E-state index in [0.717, 1.165) is 35.7 Å². The van der Waals surface area contributed by atoms with Crippen molar-refractivity contribution in [3.63, 3.8) is 0 Å². The van der Waals surface area contributed by atoms with Gasteiger partial charge in [0, 0.05) is 28.9 Å². The van der Waals surface area contributed by atoms with Gasteiger partial charge in [-0.25, -0.2) is 19.0 Å². The highest BCUT2D eigenvalue weighted by Gasteiger charge is 2.57. The normalized spacial score (nSPS) is 27.6. The van der Waals surface area contributed by atoms with Gasteiger partial charge in [-0.05, 0) is 83.9 Å². The minimum absolute atomic E-state index is 0.00861. The second kappa shape index (κ2) is 14.1. The molecule has 12 heteroatoms. The Bertz CT molecular complexity index is 1980. The molecule has 1 aliphatic carbocycles. The predicted molar refractivity (Wildman–Crippen MR) is 196 cm³/mol. The van der Waals surface area contributed by atoms with Crippen LogP contribution in [0.5, 0.6) is 5.75 Å². The summed E-state index contributed by atoms with van der Waals surface area (Å²) in [7, 11) is 0. The van der Waals surface area contributed by atoms with E-state index in [-0.39, 0.29) is 25.3 Å². The molecule has 1 aromatic heterocycles. The Morgan fingerprint density at radius 1 is 1.08 bits per heavy atom. The zero-order chi connectivity index (χ0) is 37.5. The average molecular weight is 727 g/mol. The minimum Gasteiger partial charge on any atom is -0.483 e. The maximum atomic E-state index is 14.7. The van der Waals surface area contributed by atoms with E-state index in [0.29, 0.717) is 49.1 Å². The van der Waals surface area contributed by atoms with Crippen molar-refractivity contribution in [2.75, 3.05) is 6.54 Å². The average Bonchev–Trinajstić information content (AvgIpc) is 3.47. The summed E-state index contributed by atoms with van der Waals surface area (Å²) in [5, 5.41) is 17.0. The number of benzene rings is 2. The van der Waals surface area contributed by atoms with Crippen LogP contribution in [0.1, 0.15) is 84.1 Å². The Morgan fingerprint density at radius 3 is 2.62 bits per heavy atom. The van der Waals surface area contributed by atoms with Crippen LogP contribution < -0.4 is 15.4 Å². The van der Waals surface area contributed by atoms with E-state index in [1.807, 2.05) is 36.4 Å². The first-order valence-corrected chi connectivity index (χ1v) is 18.7. The Balaban J connectivity index is 1.29. The highest BCUT2D eigenvalue weighted by Crippen LogP contribution is 2.48. The summed E-state index contributed by atoms with van der Waals surface area (Å²) in [5.74, 6) is -2.52. The zero-order valence-electron chi connectivity index (χ0n) is 30.5. The summed E-state index contributed by atoms with van der Waals surface area (Å²) < 4.78 is 27.1. The molecule has 3 amide bonds. The lowest BCUT2D eigenvalue weighted by Crippen LogP contribution is -2.67. The molecule has 280 valence electrons. The number of fused-ring (bicyclic) bond motifs is 5. The fourth-order valence-electron chi connectivity index (χ4n) is 8.33. The number of nitrogens with one attached hydrogen (secondary N) is 2. The van der Waals surface area contributed by atoms with Gasteiger partial charge in [0.25, 0.3) is 0 Å². The molecule has 0 bridgehead atoms. The molecule has 2 fully saturated rings. The van der Waals surface area contributed by atoms with Crippen LogP contribution in [0.4, 0.5) is 9.18 Å². The van der Waals surface area contributed by atoms with Gasteiger partial charge in [0.05, 0.1) is 12.1 Å². The number of carboxylic acid groups (broad SMARTS) is 1. The minimum atomic E-state index is -1.50. The highest BCUT2D eigenvalue weighted by molar-refractivity contribution is 5.96. The lowest BCUT2D eigenvalue weighted by Gasteiger charge is -2.46. The van der Waals surface area contributed by atoms with Crippen molar-refractivity contribution in [1.82, 2.24) is 20.5 Å². The maximum absolute atomic E-state index is 14.7. The number of allylic oxidation sites excluding steroid dienone is 1. The molecule has 0 radical (unpaired) electrons. The standard InChI is InChI=1S/C41H47FN4O7/c1-39(2,3)53-38(51)44-31-17-8-6-4-5-7-13-26-18-21-41(26,37(49)50)45-35(47)32-23-40(24-46(32)36(31)48)20-19-29-28-15-9-10-16-30(28)43-33(34(29)52-40)25-12-11-14-27(42)22-25/h7,9-16,22,26,31-32H,4-6,8,17-21,23-24H2,1-3H3,(H,44,51)(H,45,47)(H,49,50). The summed E-state index contributed by atoms with van der Waals surface area (Å²) in [6, 6.07) is 11.7. The molecule has 2 aromatic carbocycles. The van der Waals surface area contributed by atoms with Gasteiger partial charge in [-0.2, -0.15) is 0 Å². The van der Waals surface area contributed by atoms with Gasteiger partial charge in [0.1, 0.15) is 46.1 Å². The van der Waals surface area contributed by atoms with Crippen molar-refractivity contribution in [2.24, 2.45) is 5.92 Å². The lowest BCUT2D eigenvalue weighted by molar-refractivity contribution is -0.156. The number of aliphatic carboxylic acids is 1. The van der Waals surface area contributed by atoms with Crippen molar-refractivity contribution >= 4 is 34.8 Å². The number of carboxylic acids is 1. The lowest BCUT2D eigenvalue weighted by atomic mass is 9.66. The number of ether oxygens (including phenoxy) is 2. The van der Waals surface area contributed by atoms with Crippen LogP contribution in [0.3, 0.4) is 0 Å². The predicted octanol–water partition coefficient (Wildman–Crippen LogP) is 6.47. The number of aryl methyl sites for hydroxylation is 1. The third-order valence-corrected chi connectivity index (χ3v) is 11.1. The van der Waals surface area contributed by atoms with Crippen molar-refractivity contribution < 1.29 is 38.1 Å². The molecule has 5 atom stereocenters. The molecule has 5 unspecified atom stereocenters. The Kier molecular flexibility index (Phi) is 9.67. The van der Waals surface area contributed by atoms with Crippen LogP contribution in [0.2, 0.25) is 0 Å². The third kappa shape index (κ3) is 7.20. The number of pyridine rings is 1. The number of hydrogen-bond donors (Lipinski definition) is 3. The molecule has 3 aliphatic heterocycles. The fraction of sp³-hybridized carbons (Fsp3) is 0.488. The number of rotatable bonds is 3. The number of halogens is 1. The van der Waals surface area contributed by atoms with Crippen LogP contribution in [0.25, 0.3) is 22.2 Å². The number of nitrogens with zero attached hydrogens (tertiary/aromatic N) is 2. The summed E-state index contributed by atoms with van der Waals surface area (Å²) in [4.78, 5) is 61.4. The molecular weight excluding hydrogens is 679 g/mol. The summed E-state index contributed by atoms with van der Waals surface area (Å²) in [6.07, 6.45) is 8.37. The fourth-order valence-corrected chi connectivity index (χ4v) is 8.33. The van der Waals surface area contributed by atoms with E-state index in [4.69, 9.17) is 14.5 Å². The van der Waals surface area contributed by atoms with Gasteiger partial charge in [0.2, 0.25) is 11.8 Å². The van der Waals surface area contributed by atoms with E-state index in [9.17, 15) is 28.7 Å². The highest BCUT2D eigenvalue weighted by atomic mass is 19.1. The number of amides is 3. The topological polar surface area (TPSA) is 147 Å². The van der Waals surface area contributed by atoms with E-state index >= 15 is 0 Å². The van der Waals surface area contributed by atoms with Gasteiger partial charge in [-0.1, -0.05) is 55.3 Å². The summed E-state index contributed by atoms with van der Waals surface area (Å²) >= 11 is 0. The Hall–Kier alpha value is -5.00. The van der Waals surface area contributed by atoms with Crippen LogP contribution in [-0.2, 0) is 25.5 Å². The number of carbonyl (C=O) groups excluding carboxylic acids is 3. The van der Waals surface area contributed by atoms with Crippen LogP contribution >= 0.6 is 0 Å². The molecule has 3 aromatic rings. The molecule has 3 N–H and O–H groups in total. The number of hydrogen-bond acceptors (Lipinski definition) is 7. The third-order valence-electron chi connectivity index (χ3n) is 11.1. The SMILES string of the molecule is CC(C)(C)OC(=O)NC1CCCCCC=CC2CCC2(C(=O)O)NC(=O)C2CC3(CCc4c(c(-c5cccc(F)c5)nc5ccccc45)O3)CN2C1=O. The van der Waals surface area contributed by atoms with Crippen LogP contribution in [0.15, 0.2) is 60.7 Å². The van der Waals surface area contributed by atoms with E-state index in [1.54, 1.807) is 32.9 Å². The quantitative estimate of drug-likeness (QED) is 0.261. The molecule has 11 nitrogen and oxygen atoms in total. The molecule has 53 heavy (non-hydrogen) atoms. The van der Waals surface area contributed by atoms with E-state index in [2.05, 4.69) is 10.6 Å². The maximum Gasteiger partial charge on any atom is 0.408 e. The molecule has 4 heterocycles. The van der Waals surface area contributed by atoms with Crippen molar-refractivity contribution in [2.45, 2.75) is 114 Å². The van der Waals surface area contributed by atoms with E-state index < -0.39 is 58.5 Å². The Labute approximate surface area is 308 Å². The molecule has 7 rings (SSSR count). The number of aromatic nitrogens is 1. The number of carbonyl (C=O) groups is 4. The van der Waals surface area contributed by atoms with Crippen molar-refractivity contribution in [3.8, 4) is 17.0 Å². The first-order valence-electron chi connectivity index (χ1n) is 18.7. The van der Waals surface area contributed by atoms with Crippen molar-refractivity contribution in [3.05, 3.63) is 72.1 Å². The Morgan fingerprint density at radius 2 is 1.89 bits per heavy atom. The summed E-state index contributed by atoms with van der Waals surface area (Å²) in [6.45, 7) is 5.23. The van der Waals surface area contributed by atoms with Crippen LogP contribution in [0, 0.1) is 11.7 Å². The van der Waals surface area contributed by atoms with Gasteiger partial charge in [-0.15, -0.1) is 0 Å². The van der Waals surface area contributed by atoms with Crippen molar-refractivity contribution in [1.29, 1.82) is 0 Å². The second-order valence-electron chi connectivity index (χ2n) is 15.9.